The van der Waals surface area contributed by atoms with Gasteiger partial charge >= 0.3 is 0 Å². The molecule has 0 spiro atoms. The molecule has 0 saturated carbocycles. The topological polar surface area (TPSA) is 113 Å². The van der Waals surface area contributed by atoms with Gasteiger partial charge in [-0.05, 0) is 47.9 Å². The molecule has 0 fully saturated rings. The fourth-order valence-electron chi connectivity index (χ4n) is 2.99. The Balaban J connectivity index is 1.76. The quantitative estimate of drug-likeness (QED) is 0.531. The molecule has 0 amide bonds. The second-order valence-electron chi connectivity index (χ2n) is 6.96. The summed E-state index contributed by atoms with van der Waals surface area (Å²) in [6, 6.07) is 9.94. The van der Waals surface area contributed by atoms with Crippen LogP contribution in [-0.4, -0.2) is 39.9 Å². The van der Waals surface area contributed by atoms with E-state index in [1.165, 1.54) is 13.2 Å². The van der Waals surface area contributed by atoms with Gasteiger partial charge in [-0.15, -0.1) is 0 Å². The van der Waals surface area contributed by atoms with Crippen LogP contribution in [0.3, 0.4) is 0 Å². The number of rotatable bonds is 9. The highest BCUT2D eigenvalue weighted by atomic mass is 32.2. The summed E-state index contributed by atoms with van der Waals surface area (Å²) in [7, 11) is 0.845. The Morgan fingerprint density at radius 1 is 0.968 bits per heavy atom. The molecule has 0 atom stereocenters. The van der Waals surface area contributed by atoms with Crippen molar-refractivity contribution in [1.82, 2.24) is 14.9 Å². The molecule has 9 nitrogen and oxygen atoms in total. The SMILES string of the molecule is COc1ccc(-c2noc(CNS(=O)(=O)c3ccc(OC)c(C(C)C)c3)n2)cc1OC. The summed E-state index contributed by atoms with van der Waals surface area (Å²) in [6.45, 7) is 3.79. The zero-order chi connectivity index (χ0) is 22.6. The van der Waals surface area contributed by atoms with Gasteiger partial charge < -0.3 is 18.7 Å². The zero-order valence-electron chi connectivity index (χ0n) is 18.0. The maximum absolute atomic E-state index is 12.7. The number of benzene rings is 2. The molecule has 166 valence electrons. The molecule has 0 unspecified atom stereocenters. The van der Waals surface area contributed by atoms with Gasteiger partial charge in [0.05, 0.1) is 32.8 Å². The van der Waals surface area contributed by atoms with E-state index in [-0.39, 0.29) is 23.2 Å². The van der Waals surface area contributed by atoms with Gasteiger partial charge in [-0.3, -0.25) is 0 Å². The Hall–Kier alpha value is -3.11. The number of nitrogens with zero attached hydrogens (tertiary/aromatic N) is 2. The summed E-state index contributed by atoms with van der Waals surface area (Å²) in [5.41, 5.74) is 1.45. The maximum Gasteiger partial charge on any atom is 0.242 e. The van der Waals surface area contributed by atoms with Crippen molar-refractivity contribution in [2.45, 2.75) is 31.2 Å². The average molecular weight is 448 g/mol. The van der Waals surface area contributed by atoms with Gasteiger partial charge in [-0.1, -0.05) is 19.0 Å². The molecular weight excluding hydrogens is 422 g/mol. The number of ether oxygens (including phenoxy) is 3. The third-order valence-corrected chi connectivity index (χ3v) is 6.06. The highest BCUT2D eigenvalue weighted by Crippen LogP contribution is 2.31. The van der Waals surface area contributed by atoms with Gasteiger partial charge in [0, 0.05) is 5.56 Å². The summed E-state index contributed by atoms with van der Waals surface area (Å²) in [6.07, 6.45) is 0. The Morgan fingerprint density at radius 2 is 1.65 bits per heavy atom. The first-order valence-corrected chi connectivity index (χ1v) is 11.0. The minimum absolute atomic E-state index is 0.102. The number of hydrogen-bond acceptors (Lipinski definition) is 8. The summed E-state index contributed by atoms with van der Waals surface area (Å²) < 4.78 is 49.0. The minimum Gasteiger partial charge on any atom is -0.496 e. The summed E-state index contributed by atoms with van der Waals surface area (Å²) in [4.78, 5) is 4.40. The molecule has 3 aromatic rings. The molecule has 0 radical (unpaired) electrons. The van der Waals surface area contributed by atoms with Crippen molar-refractivity contribution in [3.63, 3.8) is 0 Å². The predicted octanol–water partition coefficient (Wildman–Crippen LogP) is 3.36. The number of nitrogens with one attached hydrogen (secondary N) is 1. The van der Waals surface area contributed by atoms with Crippen molar-refractivity contribution in [3.05, 3.63) is 47.9 Å². The first-order valence-electron chi connectivity index (χ1n) is 9.51. The summed E-state index contributed by atoms with van der Waals surface area (Å²) in [5, 5.41) is 3.92. The first-order chi connectivity index (χ1) is 14.8. The highest BCUT2D eigenvalue weighted by Gasteiger charge is 2.19. The van der Waals surface area contributed by atoms with Crippen molar-refractivity contribution in [2.24, 2.45) is 0 Å². The third-order valence-electron chi connectivity index (χ3n) is 4.66. The lowest BCUT2D eigenvalue weighted by molar-refractivity contribution is 0.355. The van der Waals surface area contributed by atoms with E-state index in [1.807, 2.05) is 13.8 Å². The van der Waals surface area contributed by atoms with E-state index in [0.29, 0.717) is 28.6 Å². The molecule has 0 saturated heterocycles. The lowest BCUT2D eigenvalue weighted by atomic mass is 10.0. The number of aromatic nitrogens is 2. The molecule has 2 aromatic carbocycles. The lowest BCUT2D eigenvalue weighted by Crippen LogP contribution is -2.23. The monoisotopic (exact) mass is 447 g/mol. The maximum atomic E-state index is 12.7. The molecule has 0 aliphatic rings. The van der Waals surface area contributed by atoms with Gasteiger partial charge in [0.1, 0.15) is 5.75 Å². The van der Waals surface area contributed by atoms with Crippen LogP contribution in [-0.2, 0) is 16.6 Å². The molecule has 10 heteroatoms. The Bertz CT molecular complexity index is 1160. The van der Waals surface area contributed by atoms with Gasteiger partial charge in [0.2, 0.25) is 21.7 Å². The van der Waals surface area contributed by atoms with Crippen LogP contribution in [0.15, 0.2) is 45.8 Å². The largest absolute Gasteiger partial charge is 0.496 e. The van der Waals surface area contributed by atoms with E-state index < -0.39 is 10.0 Å². The average Bonchev–Trinajstić information content (AvgIpc) is 3.26. The molecular formula is C21H25N3O6S. The fraction of sp³-hybridized carbons (Fsp3) is 0.333. The molecule has 3 rings (SSSR count). The molecule has 0 aliphatic carbocycles. The van der Waals surface area contributed by atoms with Crippen molar-refractivity contribution < 1.29 is 27.2 Å². The predicted molar refractivity (Wildman–Crippen MR) is 114 cm³/mol. The van der Waals surface area contributed by atoms with E-state index in [0.717, 1.165) is 5.56 Å². The summed E-state index contributed by atoms with van der Waals surface area (Å²) >= 11 is 0. The smallest absolute Gasteiger partial charge is 0.242 e. The molecule has 31 heavy (non-hydrogen) atoms. The molecule has 1 aromatic heterocycles. The number of sulfonamides is 1. The van der Waals surface area contributed by atoms with Crippen LogP contribution in [0, 0.1) is 0 Å². The van der Waals surface area contributed by atoms with Crippen LogP contribution < -0.4 is 18.9 Å². The highest BCUT2D eigenvalue weighted by molar-refractivity contribution is 7.89. The number of hydrogen-bond donors (Lipinski definition) is 1. The Kier molecular flexibility index (Phi) is 6.81. The van der Waals surface area contributed by atoms with E-state index >= 15 is 0 Å². The first kappa shape index (κ1) is 22.6. The molecule has 0 aliphatic heterocycles. The van der Waals surface area contributed by atoms with Gasteiger partial charge in [0.25, 0.3) is 0 Å². The van der Waals surface area contributed by atoms with Crippen LogP contribution in [0.2, 0.25) is 0 Å². The van der Waals surface area contributed by atoms with Crippen LogP contribution in [0.5, 0.6) is 17.2 Å². The Morgan fingerprint density at radius 3 is 2.29 bits per heavy atom. The number of methoxy groups -OCH3 is 3. The van der Waals surface area contributed by atoms with Crippen molar-refractivity contribution in [3.8, 4) is 28.6 Å². The van der Waals surface area contributed by atoms with Crippen LogP contribution in [0.1, 0.15) is 31.2 Å². The zero-order valence-corrected chi connectivity index (χ0v) is 18.8. The lowest BCUT2D eigenvalue weighted by Gasteiger charge is -2.13. The summed E-state index contributed by atoms with van der Waals surface area (Å²) in [5.74, 6) is 2.28. The van der Waals surface area contributed by atoms with E-state index in [4.69, 9.17) is 18.7 Å². The van der Waals surface area contributed by atoms with Crippen molar-refractivity contribution in [1.29, 1.82) is 0 Å². The second kappa shape index (κ2) is 9.36. The molecule has 1 N–H and O–H groups in total. The molecule has 1 heterocycles. The normalized spacial score (nSPS) is 11.5. The minimum atomic E-state index is -3.78. The van der Waals surface area contributed by atoms with E-state index in [1.54, 1.807) is 44.6 Å². The van der Waals surface area contributed by atoms with E-state index in [9.17, 15) is 8.42 Å². The van der Waals surface area contributed by atoms with Crippen LogP contribution >= 0.6 is 0 Å². The fourth-order valence-corrected chi connectivity index (χ4v) is 4.00. The van der Waals surface area contributed by atoms with Crippen molar-refractivity contribution in [2.75, 3.05) is 21.3 Å². The van der Waals surface area contributed by atoms with Crippen molar-refractivity contribution >= 4 is 10.0 Å². The second-order valence-corrected chi connectivity index (χ2v) is 8.73. The van der Waals surface area contributed by atoms with Crippen LogP contribution in [0.25, 0.3) is 11.4 Å². The van der Waals surface area contributed by atoms with Gasteiger partial charge in [-0.25, -0.2) is 13.1 Å². The van der Waals surface area contributed by atoms with E-state index in [2.05, 4.69) is 14.9 Å². The Labute approximate surface area is 181 Å². The van der Waals surface area contributed by atoms with Gasteiger partial charge in [0.15, 0.2) is 11.5 Å². The third kappa shape index (κ3) is 4.97. The van der Waals surface area contributed by atoms with Gasteiger partial charge in [-0.2, -0.15) is 4.98 Å². The standard InChI is InChI=1S/C21H25N3O6S/c1-13(2)16-11-15(7-9-17(16)27-3)31(25,26)22-12-20-23-21(24-30-20)14-6-8-18(28-4)19(10-14)29-5/h6-11,13,22H,12H2,1-5H3. The van der Waals surface area contributed by atoms with Crippen LogP contribution in [0.4, 0.5) is 0 Å². The molecule has 0 bridgehead atoms.